The summed E-state index contributed by atoms with van der Waals surface area (Å²) in [4.78, 5) is 33.7. The Hall–Kier alpha value is -2.36. The molecule has 1 aromatic carbocycles. The molecule has 1 saturated heterocycles. The number of halogens is 1. The highest BCUT2D eigenvalue weighted by atomic mass is 32.1. The highest BCUT2D eigenvalue weighted by molar-refractivity contribution is 7.17. The lowest BCUT2D eigenvalue weighted by atomic mass is 10.2. The molecule has 3 rings (SSSR count). The molecule has 29 heavy (non-hydrogen) atoms. The first-order valence-corrected chi connectivity index (χ1v) is 10.3. The maximum atomic E-state index is 13.3. The fourth-order valence-electron chi connectivity index (χ4n) is 2.95. The molecule has 0 aliphatic carbocycles. The molecule has 1 aliphatic heterocycles. The summed E-state index contributed by atoms with van der Waals surface area (Å²) in [6.07, 6.45) is 0. The number of aryl methyl sites for hydroxylation is 1. The van der Waals surface area contributed by atoms with Gasteiger partial charge in [-0.2, -0.15) is 0 Å². The second kappa shape index (κ2) is 9.91. The van der Waals surface area contributed by atoms with Gasteiger partial charge in [0.2, 0.25) is 5.91 Å². The van der Waals surface area contributed by atoms with Crippen LogP contribution in [0, 0.1) is 12.7 Å². The maximum Gasteiger partial charge on any atom is 0.350 e. The van der Waals surface area contributed by atoms with Gasteiger partial charge in [0, 0.05) is 13.1 Å². The van der Waals surface area contributed by atoms with Crippen molar-refractivity contribution in [3.63, 3.8) is 0 Å². The molecule has 0 spiro atoms. The first kappa shape index (κ1) is 21.4. The van der Waals surface area contributed by atoms with Gasteiger partial charge in [-0.1, -0.05) is 23.5 Å². The highest BCUT2D eigenvalue weighted by Gasteiger charge is 2.26. The fourth-order valence-corrected chi connectivity index (χ4v) is 3.93. The quantitative estimate of drug-likeness (QED) is 0.640. The lowest BCUT2D eigenvalue weighted by Crippen LogP contribution is -2.44. The molecule has 0 saturated carbocycles. The maximum absolute atomic E-state index is 13.3. The fraction of sp³-hybridized carbons (Fsp3) is 0.450. The van der Waals surface area contributed by atoms with Crippen molar-refractivity contribution in [2.75, 3.05) is 44.4 Å². The van der Waals surface area contributed by atoms with E-state index in [-0.39, 0.29) is 31.4 Å². The molecule has 0 atom stereocenters. The van der Waals surface area contributed by atoms with Crippen LogP contribution in [-0.4, -0.2) is 61.2 Å². The number of amides is 1. The van der Waals surface area contributed by atoms with E-state index in [0.29, 0.717) is 42.0 Å². The molecule has 2 aromatic rings. The van der Waals surface area contributed by atoms with E-state index in [9.17, 15) is 14.0 Å². The first-order chi connectivity index (χ1) is 14.0. The number of carbonyl (C=O) groups is 2. The van der Waals surface area contributed by atoms with Crippen molar-refractivity contribution < 1.29 is 23.5 Å². The number of rotatable bonds is 7. The minimum atomic E-state index is -0.448. The molecule has 1 aliphatic rings. The molecule has 0 N–H and O–H groups in total. The Kier molecular flexibility index (Phi) is 7.29. The number of hydrogen-bond donors (Lipinski definition) is 0. The van der Waals surface area contributed by atoms with Crippen LogP contribution in [0.1, 0.15) is 27.9 Å². The van der Waals surface area contributed by atoms with Crippen LogP contribution in [0.2, 0.25) is 0 Å². The summed E-state index contributed by atoms with van der Waals surface area (Å²) < 4.78 is 23.7. The summed E-state index contributed by atoms with van der Waals surface area (Å²) in [5, 5.41) is 0.424. The van der Waals surface area contributed by atoms with E-state index in [1.807, 2.05) is 4.90 Å². The number of esters is 1. The molecular weight excluding hydrogens is 397 g/mol. The monoisotopic (exact) mass is 421 g/mol. The van der Waals surface area contributed by atoms with Gasteiger partial charge < -0.3 is 9.47 Å². The Balaban J connectivity index is 1.85. The number of thiazole rings is 1. The van der Waals surface area contributed by atoms with E-state index >= 15 is 0 Å². The third kappa shape index (κ3) is 5.59. The predicted octanol–water partition coefficient (Wildman–Crippen LogP) is 2.63. The van der Waals surface area contributed by atoms with Gasteiger partial charge in [0.15, 0.2) is 5.13 Å². The second-order valence-corrected chi connectivity index (χ2v) is 7.60. The van der Waals surface area contributed by atoms with Crippen molar-refractivity contribution in [2.45, 2.75) is 20.4 Å². The van der Waals surface area contributed by atoms with Gasteiger partial charge in [-0.25, -0.2) is 14.2 Å². The zero-order valence-corrected chi connectivity index (χ0v) is 17.3. The summed E-state index contributed by atoms with van der Waals surface area (Å²) in [6, 6.07) is 5.99. The number of carbonyl (C=O) groups excluding carboxylic acids is 2. The number of hydrogen-bond acceptors (Lipinski definition) is 7. The van der Waals surface area contributed by atoms with Gasteiger partial charge in [0.05, 0.1) is 38.6 Å². The van der Waals surface area contributed by atoms with Crippen molar-refractivity contribution in [1.29, 1.82) is 0 Å². The molecule has 0 radical (unpaired) electrons. The summed E-state index contributed by atoms with van der Waals surface area (Å²) in [7, 11) is 0. The van der Waals surface area contributed by atoms with Crippen LogP contribution in [0.15, 0.2) is 24.3 Å². The molecule has 156 valence electrons. The van der Waals surface area contributed by atoms with Crippen LogP contribution in [-0.2, 0) is 20.8 Å². The standard InChI is InChI=1S/C20H24FN3O4S/c1-3-28-19(26)18-14(2)22-20(29-18)24(12-15-4-6-16(21)7-5-15)17(25)13-23-8-10-27-11-9-23/h4-7H,3,8-13H2,1-2H3. The van der Waals surface area contributed by atoms with E-state index < -0.39 is 5.97 Å². The molecule has 1 aromatic heterocycles. The van der Waals surface area contributed by atoms with E-state index in [0.717, 1.165) is 16.9 Å². The van der Waals surface area contributed by atoms with Gasteiger partial charge in [-0.05, 0) is 31.5 Å². The predicted molar refractivity (Wildman–Crippen MR) is 108 cm³/mol. The number of anilines is 1. The van der Waals surface area contributed by atoms with Gasteiger partial charge in [-0.15, -0.1) is 0 Å². The van der Waals surface area contributed by atoms with Crippen molar-refractivity contribution in [2.24, 2.45) is 0 Å². The highest BCUT2D eigenvalue weighted by Crippen LogP contribution is 2.28. The molecule has 9 heteroatoms. The number of ether oxygens (including phenoxy) is 2. The van der Waals surface area contributed by atoms with Crippen molar-refractivity contribution >= 4 is 28.3 Å². The van der Waals surface area contributed by atoms with Gasteiger partial charge >= 0.3 is 5.97 Å². The number of benzene rings is 1. The van der Waals surface area contributed by atoms with E-state index in [1.54, 1.807) is 30.9 Å². The normalized spacial score (nSPS) is 14.6. The Morgan fingerprint density at radius 2 is 1.97 bits per heavy atom. The molecule has 1 amide bonds. The lowest BCUT2D eigenvalue weighted by molar-refractivity contribution is -0.120. The molecular formula is C20H24FN3O4S. The third-order valence-electron chi connectivity index (χ3n) is 4.49. The smallest absolute Gasteiger partial charge is 0.350 e. The van der Waals surface area contributed by atoms with Crippen LogP contribution >= 0.6 is 11.3 Å². The lowest BCUT2D eigenvalue weighted by Gasteiger charge is -2.28. The average Bonchev–Trinajstić information content (AvgIpc) is 3.10. The topological polar surface area (TPSA) is 72.0 Å². The van der Waals surface area contributed by atoms with Crippen LogP contribution < -0.4 is 4.90 Å². The minimum absolute atomic E-state index is 0.139. The van der Waals surface area contributed by atoms with Crippen molar-refractivity contribution in [1.82, 2.24) is 9.88 Å². The Labute approximate surface area is 173 Å². The third-order valence-corrected chi connectivity index (χ3v) is 5.66. The molecule has 0 unspecified atom stereocenters. The van der Waals surface area contributed by atoms with Crippen LogP contribution in [0.4, 0.5) is 9.52 Å². The Morgan fingerprint density at radius 1 is 1.28 bits per heavy atom. The largest absolute Gasteiger partial charge is 0.462 e. The zero-order valence-electron chi connectivity index (χ0n) is 16.5. The Bertz CT molecular complexity index is 850. The summed E-state index contributed by atoms with van der Waals surface area (Å²) >= 11 is 1.13. The second-order valence-electron chi connectivity index (χ2n) is 6.63. The average molecular weight is 421 g/mol. The first-order valence-electron chi connectivity index (χ1n) is 9.47. The van der Waals surface area contributed by atoms with Crippen LogP contribution in [0.25, 0.3) is 0 Å². The molecule has 2 heterocycles. The summed E-state index contributed by atoms with van der Waals surface area (Å²) in [5.74, 6) is -0.925. The van der Waals surface area contributed by atoms with Gasteiger partial charge in [0.1, 0.15) is 10.7 Å². The Morgan fingerprint density at radius 3 is 2.62 bits per heavy atom. The van der Waals surface area contributed by atoms with Crippen molar-refractivity contribution in [3.05, 3.63) is 46.2 Å². The molecule has 1 fully saturated rings. The van der Waals surface area contributed by atoms with E-state index in [4.69, 9.17) is 9.47 Å². The van der Waals surface area contributed by atoms with Crippen LogP contribution in [0.3, 0.4) is 0 Å². The number of aromatic nitrogens is 1. The van der Waals surface area contributed by atoms with Gasteiger partial charge in [-0.3, -0.25) is 14.6 Å². The SMILES string of the molecule is CCOC(=O)c1sc(N(Cc2ccc(F)cc2)C(=O)CN2CCOCC2)nc1C. The number of nitrogens with zero attached hydrogens (tertiary/aromatic N) is 3. The summed E-state index contributed by atoms with van der Waals surface area (Å²) in [6.45, 7) is 6.72. The van der Waals surface area contributed by atoms with Gasteiger partial charge in [0.25, 0.3) is 0 Å². The van der Waals surface area contributed by atoms with Crippen LogP contribution in [0.5, 0.6) is 0 Å². The number of morpholine rings is 1. The molecule has 7 nitrogen and oxygen atoms in total. The van der Waals surface area contributed by atoms with Crippen molar-refractivity contribution in [3.8, 4) is 0 Å². The zero-order chi connectivity index (χ0) is 20.8. The summed E-state index contributed by atoms with van der Waals surface area (Å²) in [5.41, 5.74) is 1.29. The minimum Gasteiger partial charge on any atom is -0.462 e. The van der Waals surface area contributed by atoms with E-state index in [2.05, 4.69) is 4.98 Å². The molecule has 0 bridgehead atoms. The van der Waals surface area contributed by atoms with E-state index in [1.165, 1.54) is 12.1 Å².